The summed E-state index contributed by atoms with van der Waals surface area (Å²) in [5.74, 6) is 0.832. The van der Waals surface area contributed by atoms with E-state index >= 15 is 0 Å². The molecular weight excluding hydrogens is 302 g/mol. The summed E-state index contributed by atoms with van der Waals surface area (Å²) in [5, 5.41) is 0. The standard InChI is InChI=1S/C20H15NOS/c23-20-17-13-7-8-14-18(17)22-19(15-9-3-1-4-10-15)21(20)16-11-5-2-6-12-16/h1-14,19H. The number of hydrogen-bond donors (Lipinski definition) is 0. The molecule has 112 valence electrons. The molecule has 0 saturated carbocycles. The van der Waals surface area contributed by atoms with Crippen LogP contribution >= 0.6 is 12.2 Å². The van der Waals surface area contributed by atoms with E-state index in [1.54, 1.807) is 0 Å². The summed E-state index contributed by atoms with van der Waals surface area (Å²) in [6.07, 6.45) is -0.263. The molecule has 0 bridgehead atoms. The fraction of sp³-hybridized carbons (Fsp3) is 0.0500. The van der Waals surface area contributed by atoms with E-state index in [0.29, 0.717) is 0 Å². The molecule has 0 N–H and O–H groups in total. The minimum Gasteiger partial charge on any atom is -0.465 e. The van der Waals surface area contributed by atoms with E-state index in [-0.39, 0.29) is 6.23 Å². The molecule has 0 aromatic heterocycles. The van der Waals surface area contributed by atoms with Gasteiger partial charge < -0.3 is 4.74 Å². The zero-order chi connectivity index (χ0) is 15.6. The monoisotopic (exact) mass is 317 g/mol. The average Bonchev–Trinajstić information content (AvgIpc) is 2.63. The number of fused-ring (bicyclic) bond motifs is 1. The second-order valence-electron chi connectivity index (χ2n) is 5.39. The first kappa shape index (κ1) is 14.0. The lowest BCUT2D eigenvalue weighted by atomic mass is 10.1. The van der Waals surface area contributed by atoms with Crippen LogP contribution in [0.3, 0.4) is 0 Å². The molecule has 1 aliphatic rings. The van der Waals surface area contributed by atoms with Crippen LogP contribution in [0.5, 0.6) is 5.75 Å². The van der Waals surface area contributed by atoms with Crippen LogP contribution in [0.2, 0.25) is 0 Å². The average molecular weight is 317 g/mol. The van der Waals surface area contributed by atoms with Crippen molar-refractivity contribution in [1.82, 2.24) is 0 Å². The highest BCUT2D eigenvalue weighted by Gasteiger charge is 2.32. The summed E-state index contributed by atoms with van der Waals surface area (Å²) in [6.45, 7) is 0. The molecule has 0 saturated heterocycles. The van der Waals surface area contributed by atoms with Gasteiger partial charge in [0.25, 0.3) is 0 Å². The molecule has 2 nitrogen and oxygen atoms in total. The Balaban J connectivity index is 1.87. The van der Waals surface area contributed by atoms with Gasteiger partial charge in [-0.2, -0.15) is 0 Å². The fourth-order valence-electron chi connectivity index (χ4n) is 2.83. The lowest BCUT2D eigenvalue weighted by molar-refractivity contribution is 0.209. The third-order valence-corrected chi connectivity index (χ3v) is 4.35. The molecule has 0 amide bonds. The van der Waals surface area contributed by atoms with Crippen molar-refractivity contribution in [3.63, 3.8) is 0 Å². The highest BCUT2D eigenvalue weighted by molar-refractivity contribution is 7.81. The summed E-state index contributed by atoms with van der Waals surface area (Å²) < 4.78 is 6.29. The maximum Gasteiger partial charge on any atom is 0.203 e. The van der Waals surface area contributed by atoms with Gasteiger partial charge in [0.1, 0.15) is 10.7 Å². The molecule has 0 radical (unpaired) electrons. The van der Waals surface area contributed by atoms with E-state index in [4.69, 9.17) is 17.0 Å². The number of thiocarbonyl (C=S) groups is 1. The highest BCUT2D eigenvalue weighted by Crippen LogP contribution is 2.38. The Morgan fingerprint density at radius 2 is 1.35 bits per heavy atom. The molecule has 3 aromatic carbocycles. The SMILES string of the molecule is S=C1c2ccccc2OC(c2ccccc2)N1c1ccccc1. The van der Waals surface area contributed by atoms with E-state index in [9.17, 15) is 0 Å². The van der Waals surface area contributed by atoms with Gasteiger partial charge in [-0.15, -0.1) is 0 Å². The number of rotatable bonds is 2. The topological polar surface area (TPSA) is 12.5 Å². The number of ether oxygens (including phenoxy) is 1. The Bertz CT molecular complexity index is 833. The third-order valence-electron chi connectivity index (χ3n) is 3.93. The molecule has 0 fully saturated rings. The van der Waals surface area contributed by atoms with Crippen LogP contribution in [0.4, 0.5) is 5.69 Å². The first-order chi connectivity index (χ1) is 11.3. The minimum absolute atomic E-state index is 0.263. The zero-order valence-corrected chi connectivity index (χ0v) is 13.2. The van der Waals surface area contributed by atoms with Crippen LogP contribution in [-0.4, -0.2) is 4.99 Å². The Morgan fingerprint density at radius 3 is 2.09 bits per heavy atom. The summed E-state index contributed by atoms with van der Waals surface area (Å²) >= 11 is 5.79. The normalized spacial score (nSPS) is 16.6. The molecule has 4 rings (SSSR count). The quantitative estimate of drug-likeness (QED) is 0.620. The Kier molecular flexibility index (Phi) is 3.56. The summed E-state index contributed by atoms with van der Waals surface area (Å²) in [4.78, 5) is 2.86. The van der Waals surface area contributed by atoms with E-state index < -0.39 is 0 Å². The second kappa shape index (κ2) is 5.86. The first-order valence-electron chi connectivity index (χ1n) is 7.54. The van der Waals surface area contributed by atoms with Crippen LogP contribution in [0.1, 0.15) is 17.4 Å². The Labute approximate surface area is 141 Å². The largest absolute Gasteiger partial charge is 0.465 e. The van der Waals surface area contributed by atoms with Gasteiger partial charge in [0.2, 0.25) is 6.23 Å². The van der Waals surface area contributed by atoms with Gasteiger partial charge in [-0.25, -0.2) is 0 Å². The number of benzene rings is 3. The van der Waals surface area contributed by atoms with Gasteiger partial charge in [0.05, 0.1) is 5.56 Å². The molecule has 3 heteroatoms. The summed E-state index contributed by atoms with van der Waals surface area (Å²) in [7, 11) is 0. The van der Waals surface area contributed by atoms with Gasteiger partial charge in [0, 0.05) is 11.3 Å². The molecule has 0 aliphatic carbocycles. The molecule has 1 unspecified atom stereocenters. The van der Waals surface area contributed by atoms with Crippen molar-refractivity contribution in [2.24, 2.45) is 0 Å². The highest BCUT2D eigenvalue weighted by atomic mass is 32.1. The van der Waals surface area contributed by atoms with Crippen LogP contribution in [0.25, 0.3) is 0 Å². The van der Waals surface area contributed by atoms with E-state index in [1.165, 1.54) is 0 Å². The number of nitrogens with zero attached hydrogens (tertiary/aromatic N) is 1. The van der Waals surface area contributed by atoms with Crippen LogP contribution in [0, 0.1) is 0 Å². The van der Waals surface area contributed by atoms with Gasteiger partial charge in [-0.1, -0.05) is 72.9 Å². The molecular formula is C20H15NOS. The number of hydrogen-bond acceptors (Lipinski definition) is 2. The lowest BCUT2D eigenvalue weighted by Crippen LogP contribution is -2.41. The summed E-state index contributed by atoms with van der Waals surface area (Å²) in [5.41, 5.74) is 3.06. The second-order valence-corrected chi connectivity index (χ2v) is 5.77. The van der Waals surface area contributed by atoms with Crippen molar-refractivity contribution in [3.05, 3.63) is 96.1 Å². The Hall–Kier alpha value is -2.65. The van der Waals surface area contributed by atoms with E-state index in [1.807, 2.05) is 60.7 Å². The molecule has 0 spiro atoms. The van der Waals surface area contributed by atoms with Gasteiger partial charge >= 0.3 is 0 Å². The Morgan fingerprint density at radius 1 is 0.739 bits per heavy atom. The van der Waals surface area contributed by atoms with Crippen molar-refractivity contribution in [2.75, 3.05) is 4.90 Å². The van der Waals surface area contributed by atoms with Crippen molar-refractivity contribution in [3.8, 4) is 5.75 Å². The molecule has 1 aliphatic heterocycles. The number of anilines is 1. The maximum atomic E-state index is 6.29. The molecule has 1 atom stereocenters. The van der Waals surface area contributed by atoms with Gasteiger partial charge in [-0.3, -0.25) is 4.90 Å². The smallest absolute Gasteiger partial charge is 0.203 e. The fourth-order valence-corrected chi connectivity index (χ4v) is 3.20. The van der Waals surface area contributed by atoms with Crippen LogP contribution in [0.15, 0.2) is 84.9 Å². The van der Waals surface area contributed by atoms with Crippen molar-refractivity contribution < 1.29 is 4.74 Å². The van der Waals surface area contributed by atoms with Crippen LogP contribution in [-0.2, 0) is 0 Å². The van der Waals surface area contributed by atoms with Crippen LogP contribution < -0.4 is 9.64 Å². The van der Waals surface area contributed by atoms with Gasteiger partial charge in [-0.05, 0) is 24.3 Å². The van der Waals surface area contributed by atoms with E-state index in [0.717, 1.165) is 27.6 Å². The molecule has 23 heavy (non-hydrogen) atoms. The van der Waals surface area contributed by atoms with Crippen molar-refractivity contribution >= 4 is 22.9 Å². The maximum absolute atomic E-state index is 6.29. The lowest BCUT2D eigenvalue weighted by Gasteiger charge is -2.38. The van der Waals surface area contributed by atoms with Crippen molar-refractivity contribution in [2.45, 2.75) is 6.23 Å². The molecule has 3 aromatic rings. The van der Waals surface area contributed by atoms with Gasteiger partial charge in [0.15, 0.2) is 0 Å². The van der Waals surface area contributed by atoms with E-state index in [2.05, 4.69) is 29.2 Å². The third kappa shape index (κ3) is 2.49. The minimum atomic E-state index is -0.263. The predicted octanol–water partition coefficient (Wildman–Crippen LogP) is 4.96. The summed E-state index contributed by atoms with van der Waals surface area (Å²) in [6, 6.07) is 28.3. The zero-order valence-electron chi connectivity index (χ0n) is 12.4. The number of para-hydroxylation sites is 2. The predicted molar refractivity (Wildman–Crippen MR) is 96.9 cm³/mol. The first-order valence-corrected chi connectivity index (χ1v) is 7.95. The molecule has 1 heterocycles. The van der Waals surface area contributed by atoms with Crippen molar-refractivity contribution in [1.29, 1.82) is 0 Å².